The summed E-state index contributed by atoms with van der Waals surface area (Å²) in [6.07, 6.45) is 0. The van der Waals surface area contributed by atoms with Crippen molar-refractivity contribution in [2.75, 3.05) is 54.1 Å². The van der Waals surface area contributed by atoms with Crippen molar-refractivity contribution in [2.45, 2.75) is 19.9 Å². The van der Waals surface area contributed by atoms with Crippen LogP contribution in [0.15, 0.2) is 12.1 Å². The van der Waals surface area contributed by atoms with E-state index in [2.05, 4.69) is 24.1 Å². The Balaban J connectivity index is 0.00000312. The molecule has 1 aliphatic heterocycles. The Kier molecular flexibility index (Phi) is 8.28. The van der Waals surface area contributed by atoms with Gasteiger partial charge in [-0.05, 0) is 0 Å². The van der Waals surface area contributed by atoms with Crippen LogP contribution in [0.3, 0.4) is 0 Å². The number of nitrogens with zero attached hydrogens (tertiary/aromatic N) is 1. The summed E-state index contributed by atoms with van der Waals surface area (Å²) >= 11 is 0. The highest BCUT2D eigenvalue weighted by atomic mass is 35.5. The molecule has 1 atom stereocenters. The second-order valence-electron chi connectivity index (χ2n) is 6.78. The lowest BCUT2D eigenvalue weighted by atomic mass is 9.79. The molecule has 2 rings (SSSR count). The highest BCUT2D eigenvalue weighted by Crippen LogP contribution is 2.47. The summed E-state index contributed by atoms with van der Waals surface area (Å²) in [5.74, 6) is 2.13. The highest BCUT2D eigenvalue weighted by molar-refractivity contribution is 5.85. The maximum Gasteiger partial charge on any atom is 0.131 e. The number of hydrogen-bond acceptors (Lipinski definition) is 6. The van der Waals surface area contributed by atoms with Gasteiger partial charge in [0.2, 0.25) is 0 Å². The van der Waals surface area contributed by atoms with Crippen molar-refractivity contribution in [3.63, 3.8) is 0 Å². The minimum Gasteiger partial charge on any atom is -0.496 e. The fourth-order valence-electron chi connectivity index (χ4n) is 3.40. The summed E-state index contributed by atoms with van der Waals surface area (Å²) in [7, 11) is 4.93. The van der Waals surface area contributed by atoms with Gasteiger partial charge in [-0.3, -0.25) is 4.90 Å². The SMILES string of the molecule is COc1cc(OC)c([C@@H](N2CCNCC2)C(C)(C)CO)c(OC)c1.Cl. The number of methoxy groups -OCH3 is 3. The average molecular weight is 375 g/mol. The van der Waals surface area contributed by atoms with Gasteiger partial charge < -0.3 is 24.6 Å². The molecule has 1 aromatic rings. The number of benzene rings is 1. The molecule has 0 aliphatic carbocycles. The van der Waals surface area contributed by atoms with Crippen LogP contribution >= 0.6 is 12.4 Å². The Bertz CT molecular complexity index is 523. The molecule has 144 valence electrons. The van der Waals surface area contributed by atoms with Gasteiger partial charge in [0.25, 0.3) is 0 Å². The van der Waals surface area contributed by atoms with E-state index in [4.69, 9.17) is 14.2 Å². The molecular formula is C18H31ClN2O4. The molecule has 0 aromatic heterocycles. The van der Waals surface area contributed by atoms with Crippen LogP contribution in [0, 0.1) is 5.41 Å². The van der Waals surface area contributed by atoms with Gasteiger partial charge >= 0.3 is 0 Å². The van der Waals surface area contributed by atoms with Crippen molar-refractivity contribution in [1.29, 1.82) is 0 Å². The van der Waals surface area contributed by atoms with E-state index in [9.17, 15) is 5.11 Å². The third-order valence-electron chi connectivity index (χ3n) is 4.69. The summed E-state index contributed by atoms with van der Waals surface area (Å²) in [5, 5.41) is 13.4. The zero-order valence-electron chi connectivity index (χ0n) is 15.8. The van der Waals surface area contributed by atoms with E-state index in [1.165, 1.54) is 0 Å². The number of piperazine rings is 1. The third-order valence-corrected chi connectivity index (χ3v) is 4.69. The van der Waals surface area contributed by atoms with Crippen LogP contribution in [0.2, 0.25) is 0 Å². The number of rotatable bonds is 7. The Morgan fingerprint density at radius 3 is 2.00 bits per heavy atom. The van der Waals surface area contributed by atoms with Crippen LogP contribution in [-0.4, -0.2) is 64.1 Å². The molecular weight excluding hydrogens is 344 g/mol. The van der Waals surface area contributed by atoms with Crippen LogP contribution in [-0.2, 0) is 0 Å². The smallest absolute Gasteiger partial charge is 0.131 e. The molecule has 0 radical (unpaired) electrons. The van der Waals surface area contributed by atoms with Crippen molar-refractivity contribution < 1.29 is 19.3 Å². The van der Waals surface area contributed by atoms with Gasteiger partial charge in [-0.25, -0.2) is 0 Å². The summed E-state index contributed by atoms with van der Waals surface area (Å²) in [6.45, 7) is 7.89. The van der Waals surface area contributed by atoms with E-state index in [-0.39, 0.29) is 30.5 Å². The van der Waals surface area contributed by atoms with E-state index < -0.39 is 0 Å². The lowest BCUT2D eigenvalue weighted by Gasteiger charge is -2.44. The Hall–Kier alpha value is -1.21. The molecule has 1 saturated heterocycles. The lowest BCUT2D eigenvalue weighted by Crippen LogP contribution is -2.49. The topological polar surface area (TPSA) is 63.2 Å². The van der Waals surface area contributed by atoms with Crippen molar-refractivity contribution in [2.24, 2.45) is 5.41 Å². The molecule has 25 heavy (non-hydrogen) atoms. The first-order valence-electron chi connectivity index (χ1n) is 8.34. The third kappa shape index (κ3) is 4.70. The van der Waals surface area contributed by atoms with Gasteiger partial charge in [0.1, 0.15) is 17.2 Å². The van der Waals surface area contributed by atoms with Crippen molar-refractivity contribution >= 4 is 12.4 Å². The molecule has 1 heterocycles. The second kappa shape index (κ2) is 9.48. The fourth-order valence-corrected chi connectivity index (χ4v) is 3.40. The highest BCUT2D eigenvalue weighted by Gasteiger charge is 2.39. The van der Waals surface area contributed by atoms with Gasteiger partial charge in [0, 0.05) is 56.4 Å². The van der Waals surface area contributed by atoms with Crippen LogP contribution in [0.5, 0.6) is 17.2 Å². The van der Waals surface area contributed by atoms with E-state index in [0.717, 1.165) is 43.2 Å². The lowest BCUT2D eigenvalue weighted by molar-refractivity contribution is 0.0279. The monoisotopic (exact) mass is 374 g/mol. The van der Waals surface area contributed by atoms with E-state index in [1.807, 2.05) is 12.1 Å². The molecule has 0 unspecified atom stereocenters. The minimum atomic E-state index is -0.355. The first-order chi connectivity index (χ1) is 11.5. The van der Waals surface area contributed by atoms with Crippen LogP contribution in [0.25, 0.3) is 0 Å². The van der Waals surface area contributed by atoms with E-state index in [0.29, 0.717) is 5.75 Å². The zero-order valence-corrected chi connectivity index (χ0v) is 16.6. The maximum atomic E-state index is 10.0. The molecule has 6 nitrogen and oxygen atoms in total. The van der Waals surface area contributed by atoms with Crippen molar-refractivity contribution in [3.8, 4) is 17.2 Å². The van der Waals surface area contributed by atoms with Crippen LogP contribution in [0.4, 0.5) is 0 Å². The van der Waals surface area contributed by atoms with Crippen LogP contribution in [0.1, 0.15) is 25.5 Å². The van der Waals surface area contributed by atoms with Gasteiger partial charge in [-0.1, -0.05) is 13.8 Å². The van der Waals surface area contributed by atoms with Gasteiger partial charge in [-0.2, -0.15) is 0 Å². The average Bonchev–Trinajstić information content (AvgIpc) is 2.62. The molecule has 1 aromatic carbocycles. The number of hydrogen-bond donors (Lipinski definition) is 2. The first kappa shape index (κ1) is 21.8. The molecule has 0 saturated carbocycles. The minimum absolute atomic E-state index is 0. The van der Waals surface area contributed by atoms with Crippen LogP contribution < -0.4 is 19.5 Å². The van der Waals surface area contributed by atoms with E-state index in [1.54, 1.807) is 21.3 Å². The Labute approximate surface area is 156 Å². The summed E-state index contributed by atoms with van der Waals surface area (Å²) < 4.78 is 16.7. The van der Waals surface area contributed by atoms with Crippen molar-refractivity contribution in [3.05, 3.63) is 17.7 Å². The largest absolute Gasteiger partial charge is 0.496 e. The van der Waals surface area contributed by atoms with Gasteiger partial charge in [0.15, 0.2) is 0 Å². The molecule has 0 spiro atoms. The predicted molar refractivity (Wildman–Crippen MR) is 101 cm³/mol. The van der Waals surface area contributed by atoms with Crippen molar-refractivity contribution in [1.82, 2.24) is 10.2 Å². The number of ether oxygens (including phenoxy) is 3. The molecule has 0 bridgehead atoms. The van der Waals surface area contributed by atoms with E-state index >= 15 is 0 Å². The molecule has 1 fully saturated rings. The standard InChI is InChI=1S/C18H30N2O4.ClH/c1-18(2,12-21)17(20-8-6-19-7-9-20)16-14(23-4)10-13(22-3)11-15(16)24-5;/h10-11,17,19,21H,6-9,12H2,1-5H3;1H/t17-;/m1./s1. The number of halogens is 1. The first-order valence-corrected chi connectivity index (χ1v) is 8.34. The van der Waals surface area contributed by atoms with Gasteiger partial charge in [0.05, 0.1) is 26.9 Å². The molecule has 7 heteroatoms. The predicted octanol–water partition coefficient (Wildman–Crippen LogP) is 2.10. The second-order valence-corrected chi connectivity index (χ2v) is 6.78. The summed E-state index contributed by atoms with van der Waals surface area (Å²) in [5.41, 5.74) is 0.605. The number of nitrogens with one attached hydrogen (secondary N) is 1. The number of aliphatic hydroxyl groups excluding tert-OH is 1. The van der Waals surface area contributed by atoms with Gasteiger partial charge in [-0.15, -0.1) is 12.4 Å². The number of aliphatic hydroxyl groups is 1. The molecule has 2 N–H and O–H groups in total. The Morgan fingerprint density at radius 1 is 1.08 bits per heavy atom. The quantitative estimate of drug-likeness (QED) is 0.762. The molecule has 0 amide bonds. The molecule has 1 aliphatic rings. The summed E-state index contributed by atoms with van der Waals surface area (Å²) in [6, 6.07) is 3.72. The maximum absolute atomic E-state index is 10.0. The zero-order chi connectivity index (χ0) is 17.7. The normalized spacial score (nSPS) is 16.7. The summed E-state index contributed by atoms with van der Waals surface area (Å²) in [4.78, 5) is 2.39. The Morgan fingerprint density at radius 2 is 1.60 bits per heavy atom. The fraction of sp³-hybridized carbons (Fsp3) is 0.667.